The lowest BCUT2D eigenvalue weighted by Crippen LogP contribution is -2.29. The Morgan fingerprint density at radius 1 is 1.41 bits per heavy atom. The fraction of sp³-hybridized carbons (Fsp3) is 0.417. The number of nitrogens with zero attached hydrogens (tertiary/aromatic N) is 1. The molecule has 0 bridgehead atoms. The minimum Gasteiger partial charge on any atom is -0.398 e. The molecule has 0 unspecified atom stereocenters. The number of hydrogen-bond acceptors (Lipinski definition) is 3. The van der Waals surface area contributed by atoms with E-state index in [-0.39, 0.29) is 5.91 Å². The molecule has 2 rings (SSSR count). The number of amides is 1. The van der Waals surface area contributed by atoms with E-state index >= 15 is 0 Å². The molecule has 0 aliphatic carbocycles. The van der Waals surface area contributed by atoms with Crippen molar-refractivity contribution in [2.75, 3.05) is 24.6 Å². The zero-order valence-electron chi connectivity index (χ0n) is 9.49. The first-order valence-corrected chi connectivity index (χ1v) is 6.99. The van der Waals surface area contributed by atoms with Gasteiger partial charge in [-0.15, -0.1) is 11.8 Å². The summed E-state index contributed by atoms with van der Waals surface area (Å²) in [5.74, 6) is 0.646. The average molecular weight is 271 g/mol. The Morgan fingerprint density at radius 2 is 2.12 bits per heavy atom. The monoisotopic (exact) mass is 270 g/mol. The van der Waals surface area contributed by atoms with Gasteiger partial charge in [-0.1, -0.05) is 11.6 Å². The first-order valence-electron chi connectivity index (χ1n) is 5.62. The number of carbonyl (C=O) groups excluding carboxylic acids is 1. The highest BCUT2D eigenvalue weighted by molar-refractivity contribution is 8.00. The van der Waals surface area contributed by atoms with Crippen LogP contribution in [0, 0.1) is 0 Å². The van der Waals surface area contributed by atoms with E-state index in [0.29, 0.717) is 16.5 Å². The zero-order chi connectivity index (χ0) is 12.3. The van der Waals surface area contributed by atoms with Gasteiger partial charge in [0.1, 0.15) is 0 Å². The van der Waals surface area contributed by atoms with Crippen LogP contribution in [0.15, 0.2) is 23.1 Å². The van der Waals surface area contributed by atoms with Crippen molar-refractivity contribution in [1.82, 2.24) is 4.90 Å². The summed E-state index contributed by atoms with van der Waals surface area (Å²) in [7, 11) is 0. The molecule has 2 N–H and O–H groups in total. The van der Waals surface area contributed by atoms with Gasteiger partial charge in [-0.3, -0.25) is 4.79 Å². The maximum atomic E-state index is 11.8. The molecule has 1 aliphatic heterocycles. The van der Waals surface area contributed by atoms with Crippen LogP contribution >= 0.6 is 23.4 Å². The Kier molecular flexibility index (Phi) is 4.18. The van der Waals surface area contributed by atoms with Crippen molar-refractivity contribution in [3.63, 3.8) is 0 Å². The lowest BCUT2D eigenvalue weighted by molar-refractivity contribution is -0.127. The largest absolute Gasteiger partial charge is 0.398 e. The van der Waals surface area contributed by atoms with Gasteiger partial charge in [0.05, 0.1) is 5.75 Å². The normalized spacial score (nSPS) is 15.2. The predicted octanol–water partition coefficient (Wildman–Crippen LogP) is 2.64. The number of hydrogen-bond donors (Lipinski definition) is 1. The molecule has 1 saturated heterocycles. The summed E-state index contributed by atoms with van der Waals surface area (Å²) in [6.45, 7) is 1.80. The van der Waals surface area contributed by atoms with E-state index < -0.39 is 0 Å². The van der Waals surface area contributed by atoms with Gasteiger partial charge in [-0.05, 0) is 31.0 Å². The van der Waals surface area contributed by atoms with Crippen LogP contribution in [0.3, 0.4) is 0 Å². The van der Waals surface area contributed by atoms with E-state index in [0.717, 1.165) is 30.8 Å². The highest BCUT2D eigenvalue weighted by atomic mass is 35.5. The van der Waals surface area contributed by atoms with Crippen LogP contribution in [0.2, 0.25) is 5.02 Å². The fourth-order valence-electron chi connectivity index (χ4n) is 1.85. The van der Waals surface area contributed by atoms with E-state index in [1.165, 1.54) is 11.8 Å². The summed E-state index contributed by atoms with van der Waals surface area (Å²) >= 11 is 7.29. The molecule has 5 heteroatoms. The van der Waals surface area contributed by atoms with Gasteiger partial charge in [-0.2, -0.15) is 0 Å². The average Bonchev–Trinajstić information content (AvgIpc) is 2.81. The maximum absolute atomic E-state index is 11.8. The van der Waals surface area contributed by atoms with E-state index in [1.54, 1.807) is 12.1 Å². The fourth-order valence-corrected chi connectivity index (χ4v) is 2.88. The Bertz CT molecular complexity index is 419. The number of halogens is 1. The maximum Gasteiger partial charge on any atom is 0.232 e. The second-order valence-electron chi connectivity index (χ2n) is 4.06. The molecule has 1 aliphatic rings. The van der Waals surface area contributed by atoms with Crippen LogP contribution in [0.1, 0.15) is 12.8 Å². The molecule has 0 saturated carbocycles. The number of nitrogens with two attached hydrogens (primary N) is 1. The standard InChI is InChI=1S/C12H15ClN2OS/c13-9-3-4-11(10(14)7-9)17-8-12(16)15-5-1-2-6-15/h3-4,7H,1-2,5-6,8,14H2. The first-order chi connectivity index (χ1) is 8.16. The Labute approximate surface area is 110 Å². The second kappa shape index (κ2) is 5.65. The predicted molar refractivity (Wildman–Crippen MR) is 72.4 cm³/mol. The van der Waals surface area contributed by atoms with E-state index in [2.05, 4.69) is 0 Å². The number of anilines is 1. The molecule has 1 fully saturated rings. The number of likely N-dealkylation sites (tertiary alicyclic amines) is 1. The number of rotatable bonds is 3. The van der Waals surface area contributed by atoms with Crippen LogP contribution in [0.4, 0.5) is 5.69 Å². The molecule has 1 amide bonds. The van der Waals surface area contributed by atoms with Crippen molar-refractivity contribution < 1.29 is 4.79 Å². The molecule has 1 heterocycles. The molecule has 0 spiro atoms. The third-order valence-electron chi connectivity index (χ3n) is 2.78. The third kappa shape index (κ3) is 3.30. The Morgan fingerprint density at radius 3 is 2.76 bits per heavy atom. The van der Waals surface area contributed by atoms with E-state index in [4.69, 9.17) is 17.3 Å². The Hall–Kier alpha value is -0.870. The van der Waals surface area contributed by atoms with Crippen LogP contribution in [0.5, 0.6) is 0 Å². The van der Waals surface area contributed by atoms with Crippen molar-refractivity contribution in [2.45, 2.75) is 17.7 Å². The van der Waals surface area contributed by atoms with Gasteiger partial charge in [-0.25, -0.2) is 0 Å². The highest BCUT2D eigenvalue weighted by Gasteiger charge is 2.17. The summed E-state index contributed by atoms with van der Waals surface area (Å²) in [5.41, 5.74) is 6.47. The molecule has 17 heavy (non-hydrogen) atoms. The number of thioether (sulfide) groups is 1. The SMILES string of the molecule is Nc1cc(Cl)ccc1SCC(=O)N1CCCC1. The van der Waals surface area contributed by atoms with Crippen LogP contribution in [-0.2, 0) is 4.79 Å². The molecule has 1 aromatic carbocycles. The van der Waals surface area contributed by atoms with Gasteiger partial charge in [0.15, 0.2) is 0 Å². The van der Waals surface area contributed by atoms with Gasteiger partial charge >= 0.3 is 0 Å². The summed E-state index contributed by atoms with van der Waals surface area (Å²) in [5, 5.41) is 0.623. The van der Waals surface area contributed by atoms with Crippen LogP contribution in [0.25, 0.3) is 0 Å². The van der Waals surface area contributed by atoms with Crippen molar-refractivity contribution in [3.8, 4) is 0 Å². The Balaban J connectivity index is 1.90. The highest BCUT2D eigenvalue weighted by Crippen LogP contribution is 2.28. The topological polar surface area (TPSA) is 46.3 Å². The van der Waals surface area contributed by atoms with Crippen molar-refractivity contribution in [2.24, 2.45) is 0 Å². The quantitative estimate of drug-likeness (QED) is 0.678. The van der Waals surface area contributed by atoms with Crippen molar-refractivity contribution in [3.05, 3.63) is 23.2 Å². The molecule has 0 atom stereocenters. The van der Waals surface area contributed by atoms with Crippen LogP contribution < -0.4 is 5.73 Å². The number of benzene rings is 1. The molecule has 0 aromatic heterocycles. The van der Waals surface area contributed by atoms with Gasteiger partial charge < -0.3 is 10.6 Å². The summed E-state index contributed by atoms with van der Waals surface area (Å²) in [6, 6.07) is 5.37. The number of nitrogen functional groups attached to an aromatic ring is 1. The number of carbonyl (C=O) groups is 1. The zero-order valence-corrected chi connectivity index (χ0v) is 11.1. The van der Waals surface area contributed by atoms with Gasteiger partial charge in [0.2, 0.25) is 5.91 Å². The first kappa shape index (κ1) is 12.6. The summed E-state index contributed by atoms with van der Waals surface area (Å²) < 4.78 is 0. The molecule has 3 nitrogen and oxygen atoms in total. The lowest BCUT2D eigenvalue weighted by atomic mass is 10.3. The molecule has 92 valence electrons. The minimum absolute atomic E-state index is 0.196. The molecular formula is C12H15ClN2OS. The van der Waals surface area contributed by atoms with Crippen LogP contribution in [-0.4, -0.2) is 29.6 Å². The lowest BCUT2D eigenvalue weighted by Gasteiger charge is -2.15. The molecule has 1 aromatic rings. The smallest absolute Gasteiger partial charge is 0.232 e. The molecular weight excluding hydrogens is 256 g/mol. The van der Waals surface area contributed by atoms with Crippen molar-refractivity contribution in [1.29, 1.82) is 0 Å². The van der Waals surface area contributed by atoms with E-state index in [9.17, 15) is 4.79 Å². The minimum atomic E-state index is 0.196. The van der Waals surface area contributed by atoms with E-state index in [1.807, 2.05) is 11.0 Å². The molecule has 0 radical (unpaired) electrons. The van der Waals surface area contributed by atoms with Crippen molar-refractivity contribution >= 4 is 35.0 Å². The van der Waals surface area contributed by atoms with Gasteiger partial charge in [0.25, 0.3) is 0 Å². The van der Waals surface area contributed by atoms with Gasteiger partial charge in [0, 0.05) is 28.7 Å². The summed E-state index contributed by atoms with van der Waals surface area (Å²) in [4.78, 5) is 14.7. The third-order valence-corrected chi connectivity index (χ3v) is 4.09. The second-order valence-corrected chi connectivity index (χ2v) is 5.51. The summed E-state index contributed by atoms with van der Waals surface area (Å²) in [6.07, 6.45) is 2.25.